The monoisotopic (exact) mass is 732 g/mol. The predicted octanol–water partition coefficient (Wildman–Crippen LogP) is 12.7. The maximum atomic E-state index is 5.17. The van der Waals surface area contributed by atoms with Crippen LogP contribution in [0.3, 0.4) is 0 Å². The van der Waals surface area contributed by atoms with Crippen LogP contribution in [0, 0.1) is 0 Å². The highest BCUT2D eigenvalue weighted by atomic mass is 15.0. The van der Waals surface area contributed by atoms with Gasteiger partial charge in [-0.3, -0.25) is 4.99 Å². The van der Waals surface area contributed by atoms with Crippen molar-refractivity contribution in [1.29, 1.82) is 0 Å². The van der Waals surface area contributed by atoms with Gasteiger partial charge in [0.05, 0.1) is 17.6 Å². The van der Waals surface area contributed by atoms with Gasteiger partial charge in [0, 0.05) is 33.5 Å². The number of fused-ring (bicyclic) bond motifs is 6. The molecule has 0 aliphatic heterocycles. The molecule has 1 heterocycles. The molecule has 10 rings (SSSR count). The third-order valence-electron chi connectivity index (χ3n) is 11.4. The SMILES string of the molecule is C=N/C(=N\C(=N/Cc1ccc2c(c1)CC1=CC=C(n3c4ccccc4c4ccc(-c5ccccc5)cc43)CC12)c1cccc(-c2ccccc2)c1)c1ccccc1. The van der Waals surface area contributed by atoms with Crippen LogP contribution in [-0.2, 0) is 13.0 Å². The Bertz CT molecular complexity index is 2930. The molecule has 1 aromatic heterocycles. The van der Waals surface area contributed by atoms with Crippen LogP contribution in [0.15, 0.2) is 209 Å². The Morgan fingerprint density at radius 2 is 1.23 bits per heavy atom. The molecule has 0 fully saturated rings. The number of benzene rings is 7. The molecule has 8 aromatic rings. The van der Waals surface area contributed by atoms with Crippen LogP contribution in [0.25, 0.3) is 49.8 Å². The average Bonchev–Trinajstić information content (AvgIpc) is 3.82. The smallest absolute Gasteiger partial charge is 0.161 e. The Morgan fingerprint density at radius 1 is 0.561 bits per heavy atom. The van der Waals surface area contributed by atoms with Crippen molar-refractivity contribution < 1.29 is 0 Å². The van der Waals surface area contributed by atoms with Crippen molar-refractivity contribution in [2.75, 3.05) is 0 Å². The van der Waals surface area contributed by atoms with E-state index in [1.165, 1.54) is 55.3 Å². The summed E-state index contributed by atoms with van der Waals surface area (Å²) in [6.07, 6.45) is 6.64. The molecule has 0 spiro atoms. The number of amidine groups is 2. The van der Waals surface area contributed by atoms with E-state index in [0.29, 0.717) is 24.1 Å². The number of aromatic nitrogens is 1. The van der Waals surface area contributed by atoms with Gasteiger partial charge in [0.2, 0.25) is 0 Å². The molecule has 4 heteroatoms. The first-order chi connectivity index (χ1) is 28.2. The molecular formula is C53H40N4. The van der Waals surface area contributed by atoms with Crippen LogP contribution in [-0.4, -0.2) is 23.0 Å². The Kier molecular flexibility index (Phi) is 8.92. The largest absolute Gasteiger partial charge is 0.313 e. The first-order valence-corrected chi connectivity index (χ1v) is 19.6. The zero-order chi connectivity index (χ0) is 38.1. The Balaban J connectivity index is 0.971. The summed E-state index contributed by atoms with van der Waals surface area (Å²) in [7, 11) is 0. The van der Waals surface area contributed by atoms with Crippen molar-refractivity contribution >= 4 is 45.9 Å². The van der Waals surface area contributed by atoms with E-state index in [0.717, 1.165) is 40.7 Å². The number of allylic oxidation sites excluding steroid dienone is 4. The summed E-state index contributed by atoms with van der Waals surface area (Å²) in [5, 5.41) is 2.57. The zero-order valence-corrected chi connectivity index (χ0v) is 31.6. The van der Waals surface area contributed by atoms with Crippen molar-refractivity contribution in [2.45, 2.75) is 25.3 Å². The van der Waals surface area contributed by atoms with Crippen molar-refractivity contribution in [1.82, 2.24) is 4.57 Å². The molecule has 0 radical (unpaired) electrons. The van der Waals surface area contributed by atoms with Gasteiger partial charge in [-0.1, -0.05) is 169 Å². The fourth-order valence-corrected chi connectivity index (χ4v) is 8.65. The van der Waals surface area contributed by atoms with E-state index in [-0.39, 0.29) is 0 Å². The maximum Gasteiger partial charge on any atom is 0.161 e. The highest BCUT2D eigenvalue weighted by Gasteiger charge is 2.31. The molecule has 1 atom stereocenters. The van der Waals surface area contributed by atoms with Gasteiger partial charge in [-0.05, 0) is 82.8 Å². The van der Waals surface area contributed by atoms with Crippen molar-refractivity contribution in [3.05, 3.63) is 221 Å². The normalized spacial score (nSPS) is 15.3. The molecule has 0 amide bonds. The van der Waals surface area contributed by atoms with Gasteiger partial charge in [-0.2, -0.15) is 0 Å². The number of nitrogens with zero attached hydrogens (tertiary/aromatic N) is 4. The molecule has 57 heavy (non-hydrogen) atoms. The molecule has 0 saturated carbocycles. The lowest BCUT2D eigenvalue weighted by Crippen LogP contribution is -2.07. The van der Waals surface area contributed by atoms with Crippen LogP contribution < -0.4 is 0 Å². The first kappa shape index (κ1) is 34.3. The topological polar surface area (TPSA) is 42.0 Å². The van der Waals surface area contributed by atoms with Gasteiger partial charge in [0.25, 0.3) is 0 Å². The van der Waals surface area contributed by atoms with Crippen molar-refractivity contribution in [2.24, 2.45) is 15.0 Å². The van der Waals surface area contributed by atoms with Crippen molar-refractivity contribution in [3.63, 3.8) is 0 Å². The minimum Gasteiger partial charge on any atom is -0.313 e. The van der Waals surface area contributed by atoms with Gasteiger partial charge >= 0.3 is 0 Å². The highest BCUT2D eigenvalue weighted by molar-refractivity contribution is 6.13. The van der Waals surface area contributed by atoms with E-state index >= 15 is 0 Å². The van der Waals surface area contributed by atoms with Crippen LogP contribution in [0.5, 0.6) is 0 Å². The molecule has 1 unspecified atom stereocenters. The van der Waals surface area contributed by atoms with Crippen LogP contribution in [0.4, 0.5) is 0 Å². The summed E-state index contributed by atoms with van der Waals surface area (Å²) < 4.78 is 2.50. The Morgan fingerprint density at radius 3 is 2.00 bits per heavy atom. The summed E-state index contributed by atoms with van der Waals surface area (Å²) in [6.45, 7) is 4.36. The van der Waals surface area contributed by atoms with Crippen LogP contribution in [0.2, 0.25) is 0 Å². The molecule has 272 valence electrons. The number of para-hydroxylation sites is 1. The Labute approximate surface area is 333 Å². The van der Waals surface area contributed by atoms with Gasteiger partial charge in [-0.15, -0.1) is 0 Å². The summed E-state index contributed by atoms with van der Waals surface area (Å²) in [4.78, 5) is 14.5. The average molecular weight is 733 g/mol. The summed E-state index contributed by atoms with van der Waals surface area (Å²) in [6, 6.07) is 62.2. The number of aliphatic imine (C=N–C) groups is 3. The molecule has 2 aliphatic rings. The Hall–Kier alpha value is -7.17. The molecular weight excluding hydrogens is 693 g/mol. The van der Waals surface area contributed by atoms with E-state index in [9.17, 15) is 0 Å². The molecule has 7 aromatic carbocycles. The zero-order valence-electron chi connectivity index (χ0n) is 31.6. The second-order valence-corrected chi connectivity index (χ2v) is 14.9. The highest BCUT2D eigenvalue weighted by Crippen LogP contribution is 2.46. The molecule has 0 saturated heterocycles. The maximum absolute atomic E-state index is 5.17. The molecule has 0 bridgehead atoms. The van der Waals surface area contributed by atoms with E-state index in [1.807, 2.05) is 36.4 Å². The number of rotatable bonds is 7. The quantitative estimate of drug-likeness (QED) is 0.116. The van der Waals surface area contributed by atoms with E-state index in [1.54, 1.807) is 0 Å². The second kappa shape index (κ2) is 14.8. The molecule has 2 aliphatic carbocycles. The van der Waals surface area contributed by atoms with E-state index in [2.05, 4.69) is 168 Å². The summed E-state index contributed by atoms with van der Waals surface area (Å²) in [5.41, 5.74) is 15.8. The fraction of sp³-hybridized carbons (Fsp3) is 0.0755. The van der Waals surface area contributed by atoms with Gasteiger partial charge in [0.1, 0.15) is 0 Å². The van der Waals surface area contributed by atoms with Crippen LogP contribution >= 0.6 is 0 Å². The number of hydrogen-bond donors (Lipinski definition) is 0. The lowest BCUT2D eigenvalue weighted by molar-refractivity contribution is 0.808. The van der Waals surface area contributed by atoms with E-state index < -0.39 is 0 Å². The fourth-order valence-electron chi connectivity index (χ4n) is 8.65. The third kappa shape index (κ3) is 6.55. The second-order valence-electron chi connectivity index (χ2n) is 14.9. The minimum absolute atomic E-state index is 0.346. The van der Waals surface area contributed by atoms with Crippen molar-refractivity contribution in [3.8, 4) is 22.3 Å². The standard InChI is InChI=1S/C53H40N4/c1-54-52(39-18-9-4-10-19-39)56-53(43-21-13-20-40(31-43)37-14-5-2-6-15-37)55-35-36-24-28-46-44(30-36)32-42-25-27-45(34-49(42)46)57-50-23-12-11-22-47(50)48-29-26-41(33-51(48)57)38-16-7-3-8-17-38/h2-31,33,49H,1,32,34-35H2/b55-53-,56-52-. The van der Waals surface area contributed by atoms with Gasteiger partial charge < -0.3 is 4.57 Å². The first-order valence-electron chi connectivity index (χ1n) is 19.6. The molecule has 0 N–H and O–H groups in total. The predicted molar refractivity (Wildman–Crippen MR) is 239 cm³/mol. The third-order valence-corrected chi connectivity index (χ3v) is 11.4. The lowest BCUT2D eigenvalue weighted by Gasteiger charge is -2.22. The summed E-state index contributed by atoms with van der Waals surface area (Å²) in [5.74, 6) is 1.53. The molecule has 4 nitrogen and oxygen atoms in total. The van der Waals surface area contributed by atoms with E-state index in [4.69, 9.17) is 9.98 Å². The summed E-state index contributed by atoms with van der Waals surface area (Å²) >= 11 is 0. The van der Waals surface area contributed by atoms with Gasteiger partial charge in [-0.25, -0.2) is 9.98 Å². The number of hydrogen-bond acceptors (Lipinski definition) is 1. The minimum atomic E-state index is 0.346. The lowest BCUT2D eigenvalue weighted by atomic mass is 9.88. The van der Waals surface area contributed by atoms with Gasteiger partial charge in [0.15, 0.2) is 11.7 Å². The van der Waals surface area contributed by atoms with Crippen LogP contribution in [0.1, 0.15) is 40.2 Å².